The number of alkyl halides is 4. The summed E-state index contributed by atoms with van der Waals surface area (Å²) in [5, 5.41) is 0. The van der Waals surface area contributed by atoms with Crippen LogP contribution in [0.25, 0.3) is 0 Å². The van der Waals surface area contributed by atoms with E-state index in [1.54, 1.807) is 12.1 Å². The van der Waals surface area contributed by atoms with Crippen LogP contribution in [0.1, 0.15) is 24.9 Å². The van der Waals surface area contributed by atoms with Crippen LogP contribution in [0.2, 0.25) is 0 Å². The summed E-state index contributed by atoms with van der Waals surface area (Å²) in [5.41, 5.74) is 6.61. The Labute approximate surface area is 103 Å². The van der Waals surface area contributed by atoms with Crippen LogP contribution in [-0.2, 0) is 0 Å². The van der Waals surface area contributed by atoms with Crippen molar-refractivity contribution < 1.29 is 22.3 Å². The van der Waals surface area contributed by atoms with Crippen molar-refractivity contribution in [1.82, 2.24) is 0 Å². The van der Waals surface area contributed by atoms with Gasteiger partial charge in [0.25, 0.3) is 0 Å². The lowest BCUT2D eigenvalue weighted by atomic mass is 10.1. The van der Waals surface area contributed by atoms with Crippen LogP contribution < -0.4 is 10.5 Å². The van der Waals surface area contributed by atoms with E-state index in [1.165, 1.54) is 12.1 Å². The molecule has 0 spiro atoms. The zero-order chi connectivity index (χ0) is 13.8. The van der Waals surface area contributed by atoms with Crippen molar-refractivity contribution in [3.8, 4) is 5.75 Å². The van der Waals surface area contributed by atoms with Crippen LogP contribution in [0, 0.1) is 0 Å². The van der Waals surface area contributed by atoms with Gasteiger partial charge in [-0.3, -0.25) is 0 Å². The van der Waals surface area contributed by atoms with E-state index < -0.39 is 19.0 Å². The van der Waals surface area contributed by atoms with E-state index in [1.807, 2.05) is 6.92 Å². The second-order valence-corrected chi connectivity index (χ2v) is 3.93. The molecule has 6 heteroatoms. The fourth-order valence-electron chi connectivity index (χ4n) is 1.29. The van der Waals surface area contributed by atoms with Gasteiger partial charge in [-0.2, -0.15) is 8.78 Å². The molecule has 1 unspecified atom stereocenters. The van der Waals surface area contributed by atoms with Gasteiger partial charge in [0.1, 0.15) is 5.75 Å². The Hall–Kier alpha value is -1.30. The molecule has 0 aliphatic rings. The Bertz CT molecular complexity index is 367. The maximum Gasteiger partial charge on any atom is 0.340 e. The summed E-state index contributed by atoms with van der Waals surface area (Å²) in [4.78, 5) is 0. The summed E-state index contributed by atoms with van der Waals surface area (Å²) < 4.78 is 53.6. The summed E-state index contributed by atoms with van der Waals surface area (Å²) in [6.07, 6.45) is -2.99. The van der Waals surface area contributed by atoms with Gasteiger partial charge >= 0.3 is 12.3 Å². The van der Waals surface area contributed by atoms with E-state index in [-0.39, 0.29) is 11.8 Å². The van der Waals surface area contributed by atoms with Crippen molar-refractivity contribution in [2.24, 2.45) is 5.73 Å². The van der Waals surface area contributed by atoms with E-state index in [4.69, 9.17) is 5.73 Å². The average molecular weight is 265 g/mol. The fraction of sp³-hybridized carbons (Fsp3) is 0.500. The number of rotatable bonds is 6. The molecule has 0 fully saturated rings. The third-order valence-electron chi connectivity index (χ3n) is 2.50. The SMILES string of the molecule is CCC(N)c1ccc(OCC(F)(F)C(F)F)cc1. The molecule has 1 rings (SSSR count). The minimum absolute atomic E-state index is 0.113. The Morgan fingerprint density at radius 2 is 1.78 bits per heavy atom. The zero-order valence-corrected chi connectivity index (χ0v) is 9.88. The topological polar surface area (TPSA) is 35.2 Å². The van der Waals surface area contributed by atoms with Gasteiger partial charge in [-0.15, -0.1) is 0 Å². The van der Waals surface area contributed by atoms with Crippen molar-refractivity contribution in [3.63, 3.8) is 0 Å². The van der Waals surface area contributed by atoms with Gasteiger partial charge in [-0.1, -0.05) is 19.1 Å². The molecule has 1 aromatic carbocycles. The van der Waals surface area contributed by atoms with Crippen LogP contribution in [0.5, 0.6) is 5.75 Å². The molecule has 18 heavy (non-hydrogen) atoms. The van der Waals surface area contributed by atoms with Crippen LogP contribution in [0.15, 0.2) is 24.3 Å². The molecular weight excluding hydrogens is 250 g/mol. The van der Waals surface area contributed by atoms with Gasteiger partial charge in [0.15, 0.2) is 6.61 Å². The third kappa shape index (κ3) is 3.87. The van der Waals surface area contributed by atoms with Gasteiger partial charge < -0.3 is 10.5 Å². The second kappa shape index (κ2) is 6.04. The van der Waals surface area contributed by atoms with Crippen molar-refractivity contribution >= 4 is 0 Å². The minimum atomic E-state index is -4.14. The van der Waals surface area contributed by atoms with Crippen LogP contribution in [-0.4, -0.2) is 19.0 Å². The highest BCUT2D eigenvalue weighted by Crippen LogP contribution is 2.25. The molecule has 0 saturated carbocycles. The quantitative estimate of drug-likeness (QED) is 0.800. The number of halogens is 4. The summed E-state index contributed by atoms with van der Waals surface area (Å²) >= 11 is 0. The molecule has 2 nitrogen and oxygen atoms in total. The highest BCUT2D eigenvalue weighted by molar-refractivity contribution is 5.29. The number of hydrogen-bond donors (Lipinski definition) is 1. The highest BCUT2D eigenvalue weighted by Gasteiger charge is 2.41. The van der Waals surface area contributed by atoms with Crippen LogP contribution >= 0.6 is 0 Å². The third-order valence-corrected chi connectivity index (χ3v) is 2.50. The molecule has 0 bridgehead atoms. The molecular formula is C12H15F4NO. The summed E-state index contributed by atoms with van der Waals surface area (Å²) in [6.45, 7) is 0.572. The van der Waals surface area contributed by atoms with E-state index in [9.17, 15) is 17.6 Å². The maximum atomic E-state index is 12.6. The Morgan fingerprint density at radius 3 is 2.22 bits per heavy atom. The predicted molar refractivity (Wildman–Crippen MR) is 60.1 cm³/mol. The lowest BCUT2D eigenvalue weighted by molar-refractivity contribution is -0.148. The van der Waals surface area contributed by atoms with Crippen molar-refractivity contribution in [2.45, 2.75) is 31.7 Å². The molecule has 0 aliphatic heterocycles. The van der Waals surface area contributed by atoms with E-state index >= 15 is 0 Å². The Balaban J connectivity index is 2.59. The zero-order valence-electron chi connectivity index (χ0n) is 9.88. The first-order valence-electron chi connectivity index (χ1n) is 5.51. The number of ether oxygens (including phenoxy) is 1. The molecule has 1 aromatic rings. The Kier molecular flexibility index (Phi) is 4.95. The van der Waals surface area contributed by atoms with E-state index in [2.05, 4.69) is 4.74 Å². The second-order valence-electron chi connectivity index (χ2n) is 3.93. The largest absolute Gasteiger partial charge is 0.487 e. The van der Waals surface area contributed by atoms with Crippen molar-refractivity contribution in [2.75, 3.05) is 6.61 Å². The van der Waals surface area contributed by atoms with Gasteiger partial charge in [0.2, 0.25) is 0 Å². The molecule has 0 saturated heterocycles. The molecule has 0 amide bonds. The van der Waals surface area contributed by atoms with Crippen molar-refractivity contribution in [3.05, 3.63) is 29.8 Å². The lowest BCUT2D eigenvalue weighted by Crippen LogP contribution is -2.33. The Morgan fingerprint density at radius 1 is 1.22 bits per heavy atom. The smallest absolute Gasteiger partial charge is 0.340 e. The number of hydrogen-bond acceptors (Lipinski definition) is 2. The number of benzene rings is 1. The first-order valence-corrected chi connectivity index (χ1v) is 5.51. The maximum absolute atomic E-state index is 12.6. The molecule has 2 N–H and O–H groups in total. The average Bonchev–Trinajstić information content (AvgIpc) is 2.36. The normalized spacial score (nSPS) is 13.7. The first-order chi connectivity index (χ1) is 8.36. The molecule has 0 aromatic heterocycles. The first kappa shape index (κ1) is 14.8. The molecule has 1 atom stereocenters. The molecule has 0 heterocycles. The number of nitrogens with two attached hydrogens (primary N) is 1. The van der Waals surface area contributed by atoms with E-state index in [0.717, 1.165) is 12.0 Å². The van der Waals surface area contributed by atoms with E-state index in [0.29, 0.717) is 0 Å². The van der Waals surface area contributed by atoms with Gasteiger partial charge in [-0.05, 0) is 24.1 Å². The summed E-state index contributed by atoms with van der Waals surface area (Å²) in [6, 6.07) is 5.99. The standard InChI is InChI=1S/C12H15F4NO/c1-2-10(17)8-3-5-9(6-4-8)18-7-12(15,16)11(13)14/h3-6,10-11H,2,7,17H2,1H3. The van der Waals surface area contributed by atoms with Gasteiger partial charge in [0.05, 0.1) is 0 Å². The van der Waals surface area contributed by atoms with Crippen LogP contribution in [0.4, 0.5) is 17.6 Å². The molecule has 0 aliphatic carbocycles. The fourth-order valence-corrected chi connectivity index (χ4v) is 1.29. The monoisotopic (exact) mass is 265 g/mol. The minimum Gasteiger partial charge on any atom is -0.487 e. The summed E-state index contributed by atoms with van der Waals surface area (Å²) in [7, 11) is 0. The highest BCUT2D eigenvalue weighted by atomic mass is 19.3. The van der Waals surface area contributed by atoms with Crippen LogP contribution in [0.3, 0.4) is 0 Å². The molecule has 102 valence electrons. The predicted octanol–water partition coefficient (Wildman–Crippen LogP) is 3.38. The van der Waals surface area contributed by atoms with Gasteiger partial charge in [0, 0.05) is 6.04 Å². The van der Waals surface area contributed by atoms with Crippen molar-refractivity contribution in [1.29, 1.82) is 0 Å². The lowest BCUT2D eigenvalue weighted by Gasteiger charge is -2.16. The van der Waals surface area contributed by atoms with Gasteiger partial charge in [-0.25, -0.2) is 8.78 Å². The molecule has 0 radical (unpaired) electrons. The summed E-state index contributed by atoms with van der Waals surface area (Å²) in [5.74, 6) is -4.03.